The maximum absolute atomic E-state index is 12.8. The first-order valence-corrected chi connectivity index (χ1v) is 10.1. The van der Waals surface area contributed by atoms with Crippen molar-refractivity contribution in [1.82, 2.24) is 10.3 Å². The van der Waals surface area contributed by atoms with Crippen LogP contribution in [0, 0.1) is 11.8 Å². The Balaban J connectivity index is 1.42. The van der Waals surface area contributed by atoms with Gasteiger partial charge in [-0.3, -0.25) is 4.79 Å². The van der Waals surface area contributed by atoms with Crippen molar-refractivity contribution in [3.8, 4) is 17.4 Å². The molecule has 8 heteroatoms. The van der Waals surface area contributed by atoms with Crippen LogP contribution in [0.15, 0.2) is 42.6 Å². The monoisotopic (exact) mass is 420 g/mol. The number of carbonyl (C=O) groups excluding carboxylic acids is 1. The predicted octanol–water partition coefficient (Wildman–Crippen LogP) is 5.18. The Morgan fingerprint density at radius 2 is 1.73 bits per heavy atom. The molecule has 1 saturated heterocycles. The van der Waals surface area contributed by atoms with Crippen LogP contribution < -0.4 is 14.8 Å². The molecule has 5 nitrogen and oxygen atoms in total. The summed E-state index contributed by atoms with van der Waals surface area (Å²) in [4.78, 5) is 17.1. The molecule has 1 N–H and O–H groups in total. The Labute approximate surface area is 172 Å². The lowest BCUT2D eigenvalue weighted by Gasteiger charge is -2.42. The van der Waals surface area contributed by atoms with E-state index in [0.717, 1.165) is 31.2 Å². The molecule has 160 valence electrons. The Bertz CT molecular complexity index is 884. The topological polar surface area (TPSA) is 60.5 Å². The van der Waals surface area contributed by atoms with Gasteiger partial charge >= 0.3 is 6.36 Å². The number of hydrogen-bond acceptors (Lipinski definition) is 5. The quantitative estimate of drug-likeness (QED) is 0.739. The smallest absolute Gasteiger partial charge is 0.439 e. The number of alkyl halides is 3. The molecule has 1 aromatic heterocycles. The van der Waals surface area contributed by atoms with Gasteiger partial charge in [0.15, 0.2) is 0 Å². The van der Waals surface area contributed by atoms with Gasteiger partial charge in [0, 0.05) is 36.2 Å². The number of nitrogens with one attached hydrogen (secondary N) is 1. The van der Waals surface area contributed by atoms with Crippen LogP contribution in [0.3, 0.4) is 0 Å². The summed E-state index contributed by atoms with van der Waals surface area (Å²) in [7, 11) is 0. The van der Waals surface area contributed by atoms with Gasteiger partial charge in [0.1, 0.15) is 17.3 Å². The lowest BCUT2D eigenvalue weighted by atomic mass is 9.72. The van der Waals surface area contributed by atoms with Crippen molar-refractivity contribution in [3.63, 3.8) is 0 Å². The fourth-order valence-electron chi connectivity index (χ4n) is 4.40. The van der Waals surface area contributed by atoms with Gasteiger partial charge in [-0.05, 0) is 42.7 Å². The van der Waals surface area contributed by atoms with Crippen molar-refractivity contribution in [1.29, 1.82) is 0 Å². The maximum atomic E-state index is 12.8. The zero-order valence-corrected chi connectivity index (χ0v) is 16.5. The van der Waals surface area contributed by atoms with Gasteiger partial charge in [-0.15, -0.1) is 13.2 Å². The van der Waals surface area contributed by atoms with Crippen LogP contribution in [0.1, 0.15) is 44.2 Å². The Morgan fingerprint density at radius 3 is 2.40 bits per heavy atom. The third-order valence-corrected chi connectivity index (χ3v) is 5.87. The highest BCUT2D eigenvalue weighted by molar-refractivity contribution is 5.85. The molecule has 4 rings (SSSR count). The third kappa shape index (κ3) is 4.59. The average molecular weight is 420 g/mol. The molecule has 0 radical (unpaired) electrons. The molecule has 0 bridgehead atoms. The van der Waals surface area contributed by atoms with Crippen molar-refractivity contribution in [2.24, 2.45) is 11.8 Å². The lowest BCUT2D eigenvalue weighted by Crippen LogP contribution is -2.53. The van der Waals surface area contributed by atoms with Crippen molar-refractivity contribution < 1.29 is 27.4 Å². The van der Waals surface area contributed by atoms with Crippen LogP contribution >= 0.6 is 0 Å². The molecule has 4 atom stereocenters. The Morgan fingerprint density at radius 1 is 1.03 bits per heavy atom. The summed E-state index contributed by atoms with van der Waals surface area (Å²) in [5.74, 6) is 0.651. The molecule has 1 saturated carbocycles. The summed E-state index contributed by atoms with van der Waals surface area (Å²) in [5.41, 5.74) is 0.918. The fraction of sp³-hybridized carbons (Fsp3) is 0.455. The molecule has 30 heavy (non-hydrogen) atoms. The molecule has 2 aliphatic rings. The summed E-state index contributed by atoms with van der Waals surface area (Å²) in [6.45, 7) is 1.96. The van der Waals surface area contributed by atoms with Crippen molar-refractivity contribution in [2.75, 3.05) is 0 Å². The minimum atomic E-state index is -4.73. The predicted molar refractivity (Wildman–Crippen MR) is 103 cm³/mol. The number of pyridine rings is 1. The summed E-state index contributed by atoms with van der Waals surface area (Å²) in [6.07, 6.45) is 1.18. The molecule has 2 aromatic rings. The molecular weight excluding hydrogens is 397 g/mol. The van der Waals surface area contributed by atoms with Gasteiger partial charge in [0.25, 0.3) is 0 Å². The van der Waals surface area contributed by atoms with E-state index in [-0.39, 0.29) is 29.7 Å². The van der Waals surface area contributed by atoms with E-state index in [0.29, 0.717) is 17.4 Å². The van der Waals surface area contributed by atoms with E-state index < -0.39 is 6.36 Å². The van der Waals surface area contributed by atoms with Gasteiger partial charge in [0.2, 0.25) is 5.88 Å². The number of halogens is 3. The lowest BCUT2D eigenvalue weighted by molar-refractivity contribution is -0.274. The number of fused-ring (bicyclic) bond motifs is 1. The summed E-state index contributed by atoms with van der Waals surface area (Å²) in [6, 6.07) is 8.81. The van der Waals surface area contributed by atoms with Crippen LogP contribution in [0.5, 0.6) is 17.4 Å². The summed E-state index contributed by atoms with van der Waals surface area (Å²) in [5, 5.41) is 3.64. The van der Waals surface area contributed by atoms with E-state index in [1.807, 2.05) is 13.0 Å². The van der Waals surface area contributed by atoms with Gasteiger partial charge in [0.05, 0.1) is 0 Å². The van der Waals surface area contributed by atoms with Crippen LogP contribution in [-0.2, 0) is 4.79 Å². The van der Waals surface area contributed by atoms with Crippen LogP contribution in [0.25, 0.3) is 0 Å². The first-order valence-electron chi connectivity index (χ1n) is 10.1. The number of nitrogens with zero attached hydrogens (tertiary/aromatic N) is 1. The molecule has 0 spiro atoms. The van der Waals surface area contributed by atoms with E-state index in [2.05, 4.69) is 15.0 Å². The van der Waals surface area contributed by atoms with Crippen molar-refractivity contribution in [3.05, 3.63) is 48.2 Å². The van der Waals surface area contributed by atoms with Crippen molar-refractivity contribution in [2.45, 2.75) is 51.1 Å². The summed E-state index contributed by atoms with van der Waals surface area (Å²) >= 11 is 0. The first kappa shape index (κ1) is 20.7. The molecule has 1 aromatic carbocycles. The molecular formula is C22H23F3N2O3. The minimum absolute atomic E-state index is 0.0859. The number of aromatic nitrogens is 1. The number of hydrogen-bond donors (Lipinski definition) is 1. The normalized spacial score (nSPS) is 26.7. The van der Waals surface area contributed by atoms with Crippen LogP contribution in [0.4, 0.5) is 13.2 Å². The maximum Gasteiger partial charge on any atom is 0.573 e. The first-order chi connectivity index (χ1) is 14.3. The van der Waals surface area contributed by atoms with Crippen molar-refractivity contribution >= 4 is 5.78 Å². The Hall–Kier alpha value is -2.61. The number of Topliss-reactive ketones (excluding diaryl/α,β-unsaturated/α-hetero) is 1. The van der Waals surface area contributed by atoms with E-state index in [1.54, 1.807) is 12.3 Å². The van der Waals surface area contributed by atoms with Crippen LogP contribution in [-0.4, -0.2) is 23.2 Å². The number of benzene rings is 1. The second kappa shape index (κ2) is 8.26. The molecule has 2 fully saturated rings. The highest BCUT2D eigenvalue weighted by atomic mass is 19.4. The standard InChI is InChI=1S/C22H23F3N2O3/c1-13-20(27-18-5-3-2-4-17(18)21(13)28)14-6-11-19(26-12-14)29-15-7-9-16(10-8-15)30-22(23,24)25/h6-13,17-18,20,27H,2-5H2,1H3. The zero-order chi connectivity index (χ0) is 21.3. The van der Waals surface area contributed by atoms with Gasteiger partial charge in [-0.1, -0.05) is 25.8 Å². The number of ketones is 1. The minimum Gasteiger partial charge on any atom is -0.439 e. The molecule has 2 heterocycles. The fourth-order valence-corrected chi connectivity index (χ4v) is 4.40. The van der Waals surface area contributed by atoms with E-state index >= 15 is 0 Å². The number of rotatable bonds is 4. The van der Waals surface area contributed by atoms with Gasteiger partial charge in [-0.2, -0.15) is 0 Å². The molecule has 1 aliphatic heterocycles. The van der Waals surface area contributed by atoms with Gasteiger partial charge in [-0.25, -0.2) is 4.98 Å². The molecule has 0 amide bonds. The third-order valence-electron chi connectivity index (χ3n) is 5.87. The second-order valence-electron chi connectivity index (χ2n) is 7.88. The zero-order valence-electron chi connectivity index (χ0n) is 16.5. The highest BCUT2D eigenvalue weighted by Crippen LogP contribution is 2.38. The number of carbonyl (C=O) groups is 1. The number of piperidine rings is 1. The Kier molecular flexibility index (Phi) is 5.69. The van der Waals surface area contributed by atoms with E-state index in [9.17, 15) is 18.0 Å². The van der Waals surface area contributed by atoms with E-state index in [4.69, 9.17) is 4.74 Å². The highest BCUT2D eigenvalue weighted by Gasteiger charge is 2.42. The van der Waals surface area contributed by atoms with Gasteiger partial charge < -0.3 is 14.8 Å². The second-order valence-corrected chi connectivity index (χ2v) is 7.88. The van der Waals surface area contributed by atoms with Crippen LogP contribution in [0.2, 0.25) is 0 Å². The number of ether oxygens (including phenoxy) is 2. The summed E-state index contributed by atoms with van der Waals surface area (Å²) < 4.78 is 46.1. The van der Waals surface area contributed by atoms with E-state index in [1.165, 1.54) is 24.3 Å². The SMILES string of the molecule is CC1C(=O)C2CCCCC2NC1c1ccc(Oc2ccc(OC(F)(F)F)cc2)nc1. The largest absolute Gasteiger partial charge is 0.573 e. The average Bonchev–Trinajstić information content (AvgIpc) is 2.72. The molecule has 1 aliphatic carbocycles. The molecule has 4 unspecified atom stereocenters.